The molecule has 0 atom stereocenters. The molecule has 0 amide bonds. The molecule has 0 radical (unpaired) electrons. The summed E-state index contributed by atoms with van der Waals surface area (Å²) in [5, 5.41) is 0.558. The van der Waals surface area contributed by atoms with Crippen molar-refractivity contribution >= 4 is 17.4 Å². The van der Waals surface area contributed by atoms with E-state index in [9.17, 15) is 4.79 Å². The number of carbonyl (C=O) groups excluding carboxylic acids is 1. The molecule has 0 spiro atoms. The van der Waals surface area contributed by atoms with Gasteiger partial charge in [0.1, 0.15) is 11.5 Å². The van der Waals surface area contributed by atoms with Gasteiger partial charge in [0.25, 0.3) is 0 Å². The number of rotatable bonds is 4. The Morgan fingerprint density at radius 3 is 2.60 bits per heavy atom. The molecule has 2 nitrogen and oxygen atoms in total. The molecule has 0 aromatic heterocycles. The lowest BCUT2D eigenvalue weighted by atomic mass is 10.1. The molecule has 0 N–H and O–H groups in total. The molecule has 0 aliphatic carbocycles. The quantitative estimate of drug-likeness (QED) is 0.788. The second kappa shape index (κ2) is 5.17. The fourth-order valence-corrected chi connectivity index (χ4v) is 1.54. The third-order valence-corrected chi connectivity index (χ3v) is 2.11. The molecule has 82 valence electrons. The Morgan fingerprint density at radius 1 is 1.47 bits per heavy atom. The summed E-state index contributed by atoms with van der Waals surface area (Å²) in [5.41, 5.74) is 0.920. The molecule has 1 aromatic rings. The van der Waals surface area contributed by atoms with Gasteiger partial charge in [-0.1, -0.05) is 17.7 Å². The van der Waals surface area contributed by atoms with Crippen molar-refractivity contribution in [2.75, 3.05) is 0 Å². The average Bonchev–Trinajstić information content (AvgIpc) is 2.08. The Morgan fingerprint density at radius 2 is 2.13 bits per heavy atom. The first-order chi connectivity index (χ1) is 6.99. The van der Waals surface area contributed by atoms with Crippen molar-refractivity contribution in [2.45, 2.75) is 33.3 Å². The van der Waals surface area contributed by atoms with E-state index in [2.05, 4.69) is 0 Å². The van der Waals surface area contributed by atoms with E-state index < -0.39 is 0 Å². The van der Waals surface area contributed by atoms with Gasteiger partial charge in [-0.3, -0.25) is 4.79 Å². The summed E-state index contributed by atoms with van der Waals surface area (Å²) < 4.78 is 5.49. The van der Waals surface area contributed by atoms with Crippen LogP contribution in [0.4, 0.5) is 0 Å². The average molecular weight is 227 g/mol. The van der Waals surface area contributed by atoms with E-state index in [0.717, 1.165) is 5.56 Å². The van der Waals surface area contributed by atoms with Crippen LogP contribution < -0.4 is 4.74 Å². The summed E-state index contributed by atoms with van der Waals surface area (Å²) in [6.45, 7) is 5.45. The van der Waals surface area contributed by atoms with Crippen molar-refractivity contribution in [1.82, 2.24) is 0 Å². The van der Waals surface area contributed by atoms with Crippen LogP contribution in [0.1, 0.15) is 26.3 Å². The number of hydrogen-bond acceptors (Lipinski definition) is 2. The van der Waals surface area contributed by atoms with E-state index in [1.807, 2.05) is 19.9 Å². The topological polar surface area (TPSA) is 26.3 Å². The highest BCUT2D eigenvalue weighted by Crippen LogP contribution is 2.26. The van der Waals surface area contributed by atoms with Gasteiger partial charge in [0.15, 0.2) is 0 Å². The van der Waals surface area contributed by atoms with Crippen LogP contribution >= 0.6 is 11.6 Å². The molecule has 3 heteroatoms. The predicted molar refractivity (Wildman–Crippen MR) is 61.6 cm³/mol. The summed E-state index contributed by atoms with van der Waals surface area (Å²) in [6.07, 6.45) is 0.517. The molecule has 1 rings (SSSR count). The SMILES string of the molecule is CC(=O)Cc1ccc(OC(C)C)c(Cl)c1. The van der Waals surface area contributed by atoms with Crippen molar-refractivity contribution < 1.29 is 9.53 Å². The van der Waals surface area contributed by atoms with Gasteiger partial charge in [0, 0.05) is 6.42 Å². The number of Topliss-reactive ketones (excluding diaryl/α,β-unsaturated/α-hetero) is 1. The zero-order chi connectivity index (χ0) is 11.4. The van der Waals surface area contributed by atoms with Crippen LogP contribution in [0.25, 0.3) is 0 Å². The molecular weight excluding hydrogens is 212 g/mol. The molecular formula is C12H15ClO2. The van der Waals surface area contributed by atoms with Crippen molar-refractivity contribution in [3.8, 4) is 5.75 Å². The minimum atomic E-state index is 0.0983. The molecule has 0 saturated heterocycles. The van der Waals surface area contributed by atoms with E-state index in [1.165, 1.54) is 0 Å². The van der Waals surface area contributed by atoms with Crippen LogP contribution in [0.5, 0.6) is 5.75 Å². The van der Waals surface area contributed by atoms with Crippen molar-refractivity contribution in [1.29, 1.82) is 0 Å². The van der Waals surface area contributed by atoms with Crippen LogP contribution in [0.3, 0.4) is 0 Å². The molecule has 0 aliphatic rings. The molecule has 0 saturated carbocycles. The van der Waals surface area contributed by atoms with Gasteiger partial charge < -0.3 is 4.74 Å². The molecule has 0 aliphatic heterocycles. The van der Waals surface area contributed by atoms with Gasteiger partial charge >= 0.3 is 0 Å². The third kappa shape index (κ3) is 3.92. The first-order valence-corrected chi connectivity index (χ1v) is 5.31. The third-order valence-electron chi connectivity index (χ3n) is 1.81. The second-order valence-corrected chi connectivity index (χ2v) is 4.22. The smallest absolute Gasteiger partial charge is 0.138 e. The molecule has 0 heterocycles. The minimum absolute atomic E-state index is 0.0983. The van der Waals surface area contributed by atoms with Crippen LogP contribution in [-0.2, 0) is 11.2 Å². The second-order valence-electron chi connectivity index (χ2n) is 3.81. The van der Waals surface area contributed by atoms with Crippen LogP contribution in [0, 0.1) is 0 Å². The van der Waals surface area contributed by atoms with Crippen LogP contribution in [0.15, 0.2) is 18.2 Å². The monoisotopic (exact) mass is 226 g/mol. The number of halogens is 1. The lowest BCUT2D eigenvalue weighted by Crippen LogP contribution is -2.06. The van der Waals surface area contributed by atoms with E-state index in [1.54, 1.807) is 19.1 Å². The normalized spacial score (nSPS) is 10.5. The molecule has 1 aromatic carbocycles. The van der Waals surface area contributed by atoms with Crippen molar-refractivity contribution in [3.05, 3.63) is 28.8 Å². The standard InChI is InChI=1S/C12H15ClO2/c1-8(2)15-12-5-4-10(6-9(3)14)7-11(12)13/h4-5,7-8H,6H2,1-3H3. The van der Waals surface area contributed by atoms with Crippen LogP contribution in [-0.4, -0.2) is 11.9 Å². The van der Waals surface area contributed by atoms with E-state index in [0.29, 0.717) is 17.2 Å². The van der Waals surface area contributed by atoms with Gasteiger partial charge in [-0.25, -0.2) is 0 Å². The predicted octanol–water partition coefficient (Wildman–Crippen LogP) is 3.26. The van der Waals surface area contributed by atoms with Gasteiger partial charge in [-0.15, -0.1) is 0 Å². The Labute approximate surface area is 95.2 Å². The first kappa shape index (κ1) is 12.1. The number of hydrogen-bond donors (Lipinski definition) is 0. The maximum atomic E-state index is 10.9. The van der Waals surface area contributed by atoms with Crippen molar-refractivity contribution in [3.63, 3.8) is 0 Å². The van der Waals surface area contributed by atoms with Crippen LogP contribution in [0.2, 0.25) is 5.02 Å². The van der Waals surface area contributed by atoms with Gasteiger partial charge in [0.2, 0.25) is 0 Å². The fraction of sp³-hybridized carbons (Fsp3) is 0.417. The molecule has 0 bridgehead atoms. The van der Waals surface area contributed by atoms with Gasteiger partial charge in [-0.05, 0) is 38.5 Å². The van der Waals surface area contributed by atoms with E-state index >= 15 is 0 Å². The highest BCUT2D eigenvalue weighted by Gasteiger charge is 2.06. The largest absolute Gasteiger partial charge is 0.489 e. The highest BCUT2D eigenvalue weighted by atomic mass is 35.5. The highest BCUT2D eigenvalue weighted by molar-refractivity contribution is 6.32. The number of benzene rings is 1. The lowest BCUT2D eigenvalue weighted by Gasteiger charge is -2.11. The molecule has 0 fully saturated rings. The fourth-order valence-electron chi connectivity index (χ4n) is 1.29. The number of ketones is 1. The van der Waals surface area contributed by atoms with Gasteiger partial charge in [-0.2, -0.15) is 0 Å². The maximum absolute atomic E-state index is 10.9. The van der Waals surface area contributed by atoms with Crippen molar-refractivity contribution in [2.24, 2.45) is 0 Å². The minimum Gasteiger partial charge on any atom is -0.489 e. The Hall–Kier alpha value is -1.02. The lowest BCUT2D eigenvalue weighted by molar-refractivity contribution is -0.116. The van der Waals surface area contributed by atoms with Gasteiger partial charge in [0.05, 0.1) is 11.1 Å². The summed E-state index contributed by atoms with van der Waals surface area (Å²) in [7, 11) is 0. The maximum Gasteiger partial charge on any atom is 0.138 e. The zero-order valence-corrected chi connectivity index (χ0v) is 9.97. The number of ether oxygens (including phenoxy) is 1. The summed E-state index contributed by atoms with van der Waals surface area (Å²) in [5.74, 6) is 0.794. The zero-order valence-electron chi connectivity index (χ0n) is 9.21. The molecule has 15 heavy (non-hydrogen) atoms. The number of carbonyl (C=O) groups is 1. The van der Waals surface area contributed by atoms with E-state index in [-0.39, 0.29) is 11.9 Å². The Balaban J connectivity index is 2.83. The van der Waals surface area contributed by atoms with E-state index in [4.69, 9.17) is 16.3 Å². The summed E-state index contributed by atoms with van der Waals surface area (Å²) in [6, 6.07) is 5.45. The Kier molecular flexibility index (Phi) is 4.15. The molecule has 0 unspecified atom stereocenters. The summed E-state index contributed by atoms with van der Waals surface area (Å²) in [4.78, 5) is 10.9. The summed E-state index contributed by atoms with van der Waals surface area (Å²) >= 11 is 6.02. The first-order valence-electron chi connectivity index (χ1n) is 4.93. The Bertz CT molecular complexity index is 359.